The molecule has 0 fully saturated rings. The largest absolute Gasteiger partial charge is 0.459 e. The van der Waals surface area contributed by atoms with Gasteiger partial charge in [-0.05, 0) is 24.3 Å². The summed E-state index contributed by atoms with van der Waals surface area (Å²) < 4.78 is 9.30. The Labute approximate surface area is 103 Å². The van der Waals surface area contributed by atoms with E-state index in [9.17, 15) is 9.59 Å². The lowest BCUT2D eigenvalue weighted by Crippen LogP contribution is -2.22. The standard InChI is InChI=1S/C11H13NO6/c12-11(16)18-9-3-1-7(2-4-9)10(15)17-6-8(14)5-13/h1-4,8,13-14H,5-6H2,(H2,12,16). The number of benzene rings is 1. The number of primary amides is 1. The molecule has 0 heterocycles. The minimum absolute atomic E-state index is 0.203. The van der Waals surface area contributed by atoms with Gasteiger partial charge in [-0.2, -0.15) is 0 Å². The van der Waals surface area contributed by atoms with Gasteiger partial charge in [0.15, 0.2) is 0 Å². The van der Waals surface area contributed by atoms with Crippen molar-refractivity contribution in [2.45, 2.75) is 6.10 Å². The quantitative estimate of drug-likeness (QED) is 0.619. The second kappa shape index (κ2) is 6.58. The molecule has 7 nitrogen and oxygen atoms in total. The van der Waals surface area contributed by atoms with E-state index in [2.05, 4.69) is 4.74 Å². The Hall–Kier alpha value is -2.12. The molecule has 1 aromatic carbocycles. The fourth-order valence-electron chi connectivity index (χ4n) is 1.08. The Morgan fingerprint density at radius 1 is 1.28 bits per heavy atom. The zero-order valence-corrected chi connectivity index (χ0v) is 9.41. The smallest absolute Gasteiger partial charge is 0.409 e. The van der Waals surface area contributed by atoms with E-state index in [-0.39, 0.29) is 17.9 Å². The number of hydrogen-bond donors (Lipinski definition) is 3. The van der Waals surface area contributed by atoms with Crippen molar-refractivity contribution in [3.8, 4) is 5.75 Å². The average Bonchev–Trinajstić information content (AvgIpc) is 2.35. The van der Waals surface area contributed by atoms with Gasteiger partial charge in [-0.3, -0.25) is 0 Å². The summed E-state index contributed by atoms with van der Waals surface area (Å²) in [5, 5.41) is 17.5. The first-order valence-corrected chi connectivity index (χ1v) is 5.06. The number of aliphatic hydroxyl groups is 2. The van der Waals surface area contributed by atoms with Crippen LogP contribution in [0.3, 0.4) is 0 Å². The highest BCUT2D eigenvalue weighted by Gasteiger charge is 2.10. The maximum absolute atomic E-state index is 11.5. The van der Waals surface area contributed by atoms with Crippen LogP contribution in [-0.4, -0.2) is 41.6 Å². The Morgan fingerprint density at radius 3 is 2.39 bits per heavy atom. The lowest BCUT2D eigenvalue weighted by Gasteiger charge is -2.08. The average molecular weight is 255 g/mol. The summed E-state index contributed by atoms with van der Waals surface area (Å²) in [6.07, 6.45) is -2.05. The number of carbonyl (C=O) groups is 2. The monoisotopic (exact) mass is 255 g/mol. The Morgan fingerprint density at radius 2 is 1.89 bits per heavy atom. The molecule has 0 saturated heterocycles. The molecule has 0 radical (unpaired) electrons. The first-order chi connectivity index (χ1) is 8.52. The third kappa shape index (κ3) is 4.40. The van der Waals surface area contributed by atoms with E-state index >= 15 is 0 Å². The molecule has 0 aromatic heterocycles. The highest BCUT2D eigenvalue weighted by atomic mass is 16.5. The van der Waals surface area contributed by atoms with Crippen molar-refractivity contribution in [1.82, 2.24) is 0 Å². The molecule has 1 atom stereocenters. The van der Waals surface area contributed by atoms with E-state index in [1.807, 2.05) is 0 Å². The molecule has 7 heteroatoms. The van der Waals surface area contributed by atoms with E-state index < -0.39 is 24.8 Å². The van der Waals surface area contributed by atoms with Crippen molar-refractivity contribution in [3.63, 3.8) is 0 Å². The van der Waals surface area contributed by atoms with Crippen LogP contribution in [-0.2, 0) is 4.74 Å². The number of amides is 1. The van der Waals surface area contributed by atoms with E-state index in [4.69, 9.17) is 20.7 Å². The van der Waals surface area contributed by atoms with Crippen LogP contribution in [0.15, 0.2) is 24.3 Å². The molecule has 1 amide bonds. The van der Waals surface area contributed by atoms with E-state index in [0.717, 1.165) is 0 Å². The van der Waals surface area contributed by atoms with E-state index in [1.54, 1.807) is 0 Å². The summed E-state index contributed by atoms with van der Waals surface area (Å²) >= 11 is 0. The predicted molar refractivity (Wildman–Crippen MR) is 60.0 cm³/mol. The van der Waals surface area contributed by atoms with Gasteiger partial charge in [0, 0.05) is 0 Å². The maximum atomic E-state index is 11.5. The number of ether oxygens (including phenoxy) is 2. The SMILES string of the molecule is NC(=O)Oc1ccc(C(=O)OCC(O)CO)cc1. The van der Waals surface area contributed by atoms with Gasteiger partial charge in [0.2, 0.25) is 0 Å². The van der Waals surface area contributed by atoms with Gasteiger partial charge in [-0.1, -0.05) is 0 Å². The second-order valence-corrected chi connectivity index (χ2v) is 3.38. The number of nitrogens with two attached hydrogens (primary N) is 1. The second-order valence-electron chi connectivity index (χ2n) is 3.38. The fraction of sp³-hybridized carbons (Fsp3) is 0.273. The van der Waals surface area contributed by atoms with Gasteiger partial charge >= 0.3 is 12.1 Å². The van der Waals surface area contributed by atoms with Crippen LogP contribution in [0.2, 0.25) is 0 Å². The van der Waals surface area contributed by atoms with Crippen LogP contribution in [0.4, 0.5) is 4.79 Å². The summed E-state index contributed by atoms with van der Waals surface area (Å²) in [7, 11) is 0. The lowest BCUT2D eigenvalue weighted by atomic mass is 10.2. The van der Waals surface area contributed by atoms with Crippen molar-refractivity contribution in [2.75, 3.05) is 13.2 Å². The topological polar surface area (TPSA) is 119 Å². The number of rotatable bonds is 5. The van der Waals surface area contributed by atoms with Crippen LogP contribution < -0.4 is 10.5 Å². The number of esters is 1. The lowest BCUT2D eigenvalue weighted by molar-refractivity contribution is 0.00933. The molecule has 0 spiro atoms. The zero-order valence-electron chi connectivity index (χ0n) is 9.41. The highest BCUT2D eigenvalue weighted by molar-refractivity contribution is 5.89. The third-order valence-corrected chi connectivity index (χ3v) is 1.93. The van der Waals surface area contributed by atoms with Crippen molar-refractivity contribution in [1.29, 1.82) is 0 Å². The van der Waals surface area contributed by atoms with Crippen LogP contribution in [0.25, 0.3) is 0 Å². The molecule has 0 saturated carbocycles. The summed E-state index contributed by atoms with van der Waals surface area (Å²) in [6, 6.07) is 5.52. The number of carbonyl (C=O) groups excluding carboxylic acids is 2. The van der Waals surface area contributed by atoms with Crippen molar-refractivity contribution in [2.24, 2.45) is 5.73 Å². The highest BCUT2D eigenvalue weighted by Crippen LogP contribution is 2.12. The molecule has 1 rings (SSSR count). The van der Waals surface area contributed by atoms with Crippen LogP contribution in [0.5, 0.6) is 5.75 Å². The Kier molecular flexibility index (Phi) is 5.09. The summed E-state index contributed by atoms with van der Waals surface area (Å²) in [6.45, 7) is -0.784. The van der Waals surface area contributed by atoms with Crippen LogP contribution in [0, 0.1) is 0 Å². The molecular weight excluding hydrogens is 242 g/mol. The molecule has 0 aliphatic carbocycles. The minimum Gasteiger partial charge on any atom is -0.459 e. The zero-order chi connectivity index (χ0) is 13.5. The molecular formula is C11H13NO6. The van der Waals surface area contributed by atoms with Gasteiger partial charge in [0.05, 0.1) is 12.2 Å². The molecule has 98 valence electrons. The van der Waals surface area contributed by atoms with Gasteiger partial charge in [0.25, 0.3) is 0 Å². The number of hydrogen-bond acceptors (Lipinski definition) is 6. The van der Waals surface area contributed by atoms with E-state index in [0.29, 0.717) is 0 Å². The van der Waals surface area contributed by atoms with Crippen LogP contribution in [0.1, 0.15) is 10.4 Å². The molecule has 1 aromatic rings. The van der Waals surface area contributed by atoms with Gasteiger partial charge < -0.3 is 25.4 Å². The Balaban J connectivity index is 2.56. The van der Waals surface area contributed by atoms with Crippen molar-refractivity contribution < 1.29 is 29.3 Å². The molecule has 4 N–H and O–H groups in total. The maximum Gasteiger partial charge on any atom is 0.409 e. The molecule has 0 bridgehead atoms. The summed E-state index contributed by atoms with van der Waals surface area (Å²) in [5.41, 5.74) is 5.03. The fourth-order valence-corrected chi connectivity index (χ4v) is 1.08. The molecule has 18 heavy (non-hydrogen) atoms. The normalized spacial score (nSPS) is 11.7. The first-order valence-electron chi connectivity index (χ1n) is 5.06. The van der Waals surface area contributed by atoms with Gasteiger partial charge in [-0.25, -0.2) is 9.59 Å². The first kappa shape index (κ1) is 13.9. The summed E-state index contributed by atoms with van der Waals surface area (Å²) in [5.74, 6) is -0.456. The minimum atomic E-state index is -1.11. The molecule has 1 unspecified atom stereocenters. The van der Waals surface area contributed by atoms with Gasteiger partial charge in [0.1, 0.15) is 18.5 Å². The van der Waals surface area contributed by atoms with Crippen molar-refractivity contribution >= 4 is 12.1 Å². The predicted octanol–water partition coefficient (Wildman–Crippen LogP) is -0.346. The number of aliphatic hydroxyl groups excluding tert-OH is 2. The molecule has 0 aliphatic rings. The molecule has 0 aliphatic heterocycles. The van der Waals surface area contributed by atoms with Crippen LogP contribution >= 0.6 is 0 Å². The Bertz CT molecular complexity index is 416. The summed E-state index contributed by atoms with van der Waals surface area (Å²) in [4.78, 5) is 21.9. The van der Waals surface area contributed by atoms with Gasteiger partial charge in [-0.15, -0.1) is 0 Å². The van der Waals surface area contributed by atoms with E-state index in [1.165, 1.54) is 24.3 Å². The van der Waals surface area contributed by atoms with Crippen molar-refractivity contribution in [3.05, 3.63) is 29.8 Å². The third-order valence-electron chi connectivity index (χ3n) is 1.93.